The molecule has 0 amide bonds. The Morgan fingerprint density at radius 3 is 2.13 bits per heavy atom. The van der Waals surface area contributed by atoms with E-state index in [0.29, 0.717) is 0 Å². The zero-order valence-corrected chi connectivity index (χ0v) is 10.5. The summed E-state index contributed by atoms with van der Waals surface area (Å²) in [6.45, 7) is 15.4. The van der Waals surface area contributed by atoms with Crippen LogP contribution in [-0.4, -0.2) is 30.2 Å². The number of ether oxygens (including phenoxy) is 1. The fourth-order valence-electron chi connectivity index (χ4n) is 1.51. The third-order valence-electron chi connectivity index (χ3n) is 2.28. The monoisotopic (exact) mass is 213 g/mol. The van der Waals surface area contributed by atoms with E-state index >= 15 is 0 Å². The van der Waals surface area contributed by atoms with Gasteiger partial charge in [0.2, 0.25) is 0 Å². The molecule has 1 unspecified atom stereocenters. The SMILES string of the molecule is C=CC(=O)OC(N(CC)CC)C(C)(C)C. The number of carbonyl (C=O) groups is 1. The Morgan fingerprint density at radius 1 is 1.40 bits per heavy atom. The molecule has 0 radical (unpaired) electrons. The van der Waals surface area contributed by atoms with Crippen molar-refractivity contribution >= 4 is 5.97 Å². The molecule has 0 spiro atoms. The molecular formula is C12H23NO2. The molecule has 15 heavy (non-hydrogen) atoms. The summed E-state index contributed by atoms with van der Waals surface area (Å²) in [4.78, 5) is 13.4. The lowest BCUT2D eigenvalue weighted by atomic mass is 9.93. The predicted octanol–water partition coefficient (Wildman–Crippen LogP) is 2.43. The summed E-state index contributed by atoms with van der Waals surface area (Å²) in [5, 5.41) is 0. The Labute approximate surface area is 93.1 Å². The maximum atomic E-state index is 11.2. The van der Waals surface area contributed by atoms with Crippen molar-refractivity contribution < 1.29 is 9.53 Å². The van der Waals surface area contributed by atoms with Gasteiger partial charge in [-0.2, -0.15) is 0 Å². The van der Waals surface area contributed by atoms with E-state index in [1.54, 1.807) is 0 Å². The van der Waals surface area contributed by atoms with E-state index in [1.807, 2.05) is 0 Å². The lowest BCUT2D eigenvalue weighted by molar-refractivity contribution is -0.165. The minimum atomic E-state index is -0.359. The summed E-state index contributed by atoms with van der Waals surface area (Å²) in [6.07, 6.45) is 1.01. The van der Waals surface area contributed by atoms with Gasteiger partial charge in [0.05, 0.1) is 0 Å². The van der Waals surface area contributed by atoms with Crippen LogP contribution in [0.3, 0.4) is 0 Å². The molecule has 0 N–H and O–H groups in total. The molecule has 0 bridgehead atoms. The van der Waals surface area contributed by atoms with Crippen molar-refractivity contribution in [3.63, 3.8) is 0 Å². The minimum absolute atomic E-state index is 0.0926. The van der Waals surface area contributed by atoms with Crippen molar-refractivity contribution in [2.75, 3.05) is 13.1 Å². The highest BCUT2D eigenvalue weighted by molar-refractivity contribution is 5.81. The highest BCUT2D eigenvalue weighted by atomic mass is 16.6. The van der Waals surface area contributed by atoms with Crippen molar-refractivity contribution in [3.05, 3.63) is 12.7 Å². The van der Waals surface area contributed by atoms with Crippen LogP contribution >= 0.6 is 0 Å². The van der Waals surface area contributed by atoms with Gasteiger partial charge in [0, 0.05) is 11.5 Å². The first kappa shape index (κ1) is 14.2. The smallest absolute Gasteiger partial charge is 0.331 e. The van der Waals surface area contributed by atoms with Crippen LogP contribution in [0.25, 0.3) is 0 Å². The third kappa shape index (κ3) is 4.47. The Morgan fingerprint density at radius 2 is 1.87 bits per heavy atom. The molecule has 3 heteroatoms. The van der Waals surface area contributed by atoms with Crippen LogP contribution in [0, 0.1) is 5.41 Å². The van der Waals surface area contributed by atoms with Gasteiger partial charge < -0.3 is 4.74 Å². The van der Waals surface area contributed by atoms with Gasteiger partial charge in [-0.05, 0) is 13.1 Å². The van der Waals surface area contributed by atoms with Crippen LogP contribution < -0.4 is 0 Å². The van der Waals surface area contributed by atoms with Gasteiger partial charge in [-0.25, -0.2) is 4.79 Å². The highest BCUT2D eigenvalue weighted by Crippen LogP contribution is 2.25. The fourth-order valence-corrected chi connectivity index (χ4v) is 1.51. The zero-order chi connectivity index (χ0) is 12.1. The number of hydrogen-bond acceptors (Lipinski definition) is 3. The largest absolute Gasteiger partial charge is 0.443 e. The van der Waals surface area contributed by atoms with Gasteiger partial charge in [-0.1, -0.05) is 41.2 Å². The first-order valence-corrected chi connectivity index (χ1v) is 5.43. The van der Waals surface area contributed by atoms with Crippen LogP contribution in [0.1, 0.15) is 34.6 Å². The average molecular weight is 213 g/mol. The number of nitrogens with zero attached hydrogens (tertiary/aromatic N) is 1. The summed E-state index contributed by atoms with van der Waals surface area (Å²) in [7, 11) is 0. The molecule has 0 fully saturated rings. The molecule has 0 aliphatic rings. The zero-order valence-electron chi connectivity index (χ0n) is 10.5. The lowest BCUT2D eigenvalue weighted by Gasteiger charge is -2.37. The highest BCUT2D eigenvalue weighted by Gasteiger charge is 2.31. The molecule has 1 atom stereocenters. The number of rotatable bonds is 5. The summed E-state index contributed by atoms with van der Waals surface area (Å²) < 4.78 is 5.38. The van der Waals surface area contributed by atoms with Crippen LogP contribution in [0.5, 0.6) is 0 Å². The standard InChI is InChI=1S/C12H23NO2/c1-7-10(14)15-11(12(4,5)6)13(8-2)9-3/h7,11H,1,8-9H2,2-6H3. The van der Waals surface area contributed by atoms with Crippen molar-refractivity contribution in [2.24, 2.45) is 5.41 Å². The topological polar surface area (TPSA) is 29.5 Å². The third-order valence-corrected chi connectivity index (χ3v) is 2.28. The molecule has 0 saturated heterocycles. The van der Waals surface area contributed by atoms with E-state index < -0.39 is 0 Å². The lowest BCUT2D eigenvalue weighted by Crippen LogP contribution is -2.46. The molecule has 0 aliphatic heterocycles. The molecule has 0 heterocycles. The van der Waals surface area contributed by atoms with Crippen LogP contribution in [0.2, 0.25) is 0 Å². The maximum absolute atomic E-state index is 11.2. The van der Waals surface area contributed by atoms with Crippen LogP contribution in [0.4, 0.5) is 0 Å². The Balaban J connectivity index is 4.72. The molecular weight excluding hydrogens is 190 g/mol. The van der Waals surface area contributed by atoms with Crippen LogP contribution in [-0.2, 0) is 9.53 Å². The molecule has 0 rings (SSSR count). The van der Waals surface area contributed by atoms with Crippen molar-refractivity contribution in [2.45, 2.75) is 40.8 Å². The quantitative estimate of drug-likeness (QED) is 0.399. The van der Waals surface area contributed by atoms with Gasteiger partial charge >= 0.3 is 5.97 Å². The number of hydrogen-bond donors (Lipinski definition) is 0. The van der Waals surface area contributed by atoms with Crippen LogP contribution in [0.15, 0.2) is 12.7 Å². The Bertz CT molecular complexity index is 214. The molecule has 0 aromatic carbocycles. The van der Waals surface area contributed by atoms with Gasteiger partial charge in [0.15, 0.2) is 6.23 Å². The molecule has 88 valence electrons. The minimum Gasteiger partial charge on any atom is -0.443 e. The molecule has 0 aliphatic carbocycles. The van der Waals surface area contributed by atoms with Gasteiger partial charge in [-0.3, -0.25) is 4.90 Å². The van der Waals surface area contributed by atoms with E-state index in [2.05, 4.69) is 46.1 Å². The van der Waals surface area contributed by atoms with E-state index in [1.165, 1.54) is 6.08 Å². The first-order chi connectivity index (χ1) is 6.86. The summed E-state index contributed by atoms with van der Waals surface area (Å²) in [5.74, 6) is -0.359. The second-order valence-electron chi connectivity index (χ2n) is 4.58. The van der Waals surface area contributed by atoms with E-state index in [0.717, 1.165) is 13.1 Å². The van der Waals surface area contributed by atoms with Gasteiger partial charge in [0.1, 0.15) is 0 Å². The van der Waals surface area contributed by atoms with Gasteiger partial charge in [-0.15, -0.1) is 0 Å². The second kappa shape index (κ2) is 5.91. The normalized spacial score (nSPS) is 13.7. The maximum Gasteiger partial charge on any atom is 0.331 e. The Hall–Kier alpha value is -0.830. The molecule has 0 saturated carbocycles. The van der Waals surface area contributed by atoms with Gasteiger partial charge in [0.25, 0.3) is 0 Å². The molecule has 0 aromatic rings. The second-order valence-corrected chi connectivity index (χ2v) is 4.58. The predicted molar refractivity (Wildman–Crippen MR) is 62.5 cm³/mol. The van der Waals surface area contributed by atoms with Crippen molar-refractivity contribution in [3.8, 4) is 0 Å². The summed E-state index contributed by atoms with van der Waals surface area (Å²) in [5.41, 5.74) is -0.0926. The van der Waals surface area contributed by atoms with Crippen molar-refractivity contribution in [1.82, 2.24) is 4.90 Å². The summed E-state index contributed by atoms with van der Waals surface area (Å²) in [6, 6.07) is 0. The van der Waals surface area contributed by atoms with E-state index in [9.17, 15) is 4.79 Å². The first-order valence-electron chi connectivity index (χ1n) is 5.43. The summed E-state index contributed by atoms with van der Waals surface area (Å²) >= 11 is 0. The van der Waals surface area contributed by atoms with Crippen molar-refractivity contribution in [1.29, 1.82) is 0 Å². The molecule has 0 aromatic heterocycles. The molecule has 3 nitrogen and oxygen atoms in total. The number of esters is 1. The van der Waals surface area contributed by atoms with E-state index in [-0.39, 0.29) is 17.6 Å². The average Bonchev–Trinajstić information content (AvgIpc) is 2.16. The number of carbonyl (C=O) groups excluding carboxylic acids is 1. The Kier molecular flexibility index (Phi) is 5.58. The fraction of sp³-hybridized carbons (Fsp3) is 0.750. The van der Waals surface area contributed by atoms with E-state index in [4.69, 9.17) is 4.74 Å².